The first-order chi connectivity index (χ1) is 14.0. The van der Waals surface area contributed by atoms with Crippen LogP contribution in [0, 0.1) is 0 Å². The first-order valence-electron chi connectivity index (χ1n) is 9.61. The fourth-order valence-electron chi connectivity index (χ4n) is 3.10. The summed E-state index contributed by atoms with van der Waals surface area (Å²) in [5, 5.41) is 8.54. The van der Waals surface area contributed by atoms with Crippen molar-refractivity contribution in [3.63, 3.8) is 0 Å². The van der Waals surface area contributed by atoms with Gasteiger partial charge >= 0.3 is 6.03 Å². The highest BCUT2D eigenvalue weighted by Gasteiger charge is 2.22. The van der Waals surface area contributed by atoms with Crippen molar-refractivity contribution < 1.29 is 9.59 Å². The summed E-state index contributed by atoms with van der Waals surface area (Å²) in [5.41, 5.74) is 3.06. The van der Waals surface area contributed by atoms with Crippen molar-refractivity contribution in [2.45, 2.75) is 25.8 Å². The monoisotopic (exact) mass is 387 g/mol. The lowest BCUT2D eigenvalue weighted by Crippen LogP contribution is -2.34. The third kappa shape index (κ3) is 5.69. The summed E-state index contributed by atoms with van der Waals surface area (Å²) in [5.74, 6) is -0.565. The molecular weight excluding hydrogens is 362 g/mol. The zero-order valence-electron chi connectivity index (χ0n) is 16.6. The van der Waals surface area contributed by atoms with Gasteiger partial charge in [0.25, 0.3) is 0 Å². The van der Waals surface area contributed by atoms with Crippen LogP contribution in [0.4, 0.5) is 16.2 Å². The van der Waals surface area contributed by atoms with E-state index in [1.54, 1.807) is 24.3 Å². The molecule has 0 atom stereocenters. The maximum atomic E-state index is 13.2. The van der Waals surface area contributed by atoms with E-state index in [9.17, 15) is 9.59 Å². The normalized spacial score (nSPS) is 10.6. The standard InChI is InChI=1S/C24H25N3O2/c1-17(2)25-24(29)27-21-15-9-14-20(16-21)26-23(28)22(18-10-5-3-6-11-18)19-12-7-4-8-13-19/h3-17,22H,1-2H3,(H,26,28)(H2,25,27,29). The van der Waals surface area contributed by atoms with Gasteiger partial charge in [0.05, 0.1) is 5.92 Å². The summed E-state index contributed by atoms with van der Waals surface area (Å²) >= 11 is 0. The van der Waals surface area contributed by atoms with Crippen molar-refractivity contribution in [1.82, 2.24) is 5.32 Å². The number of hydrogen-bond donors (Lipinski definition) is 3. The molecule has 0 fully saturated rings. The van der Waals surface area contributed by atoms with Crippen molar-refractivity contribution in [2.75, 3.05) is 10.6 Å². The topological polar surface area (TPSA) is 70.2 Å². The van der Waals surface area contributed by atoms with Gasteiger partial charge in [-0.1, -0.05) is 66.7 Å². The summed E-state index contributed by atoms with van der Waals surface area (Å²) in [4.78, 5) is 25.1. The molecule has 0 radical (unpaired) electrons. The predicted molar refractivity (Wildman–Crippen MR) is 117 cm³/mol. The lowest BCUT2D eigenvalue weighted by molar-refractivity contribution is -0.116. The van der Waals surface area contributed by atoms with Crippen LogP contribution in [0.3, 0.4) is 0 Å². The minimum atomic E-state index is -0.432. The molecule has 148 valence electrons. The number of carbonyl (C=O) groups is 2. The van der Waals surface area contributed by atoms with Gasteiger partial charge in [0, 0.05) is 17.4 Å². The molecule has 3 rings (SSSR count). The number of carbonyl (C=O) groups excluding carboxylic acids is 2. The molecular formula is C24H25N3O2. The Labute approximate surface area is 171 Å². The van der Waals surface area contributed by atoms with E-state index in [-0.39, 0.29) is 18.0 Å². The van der Waals surface area contributed by atoms with E-state index in [0.29, 0.717) is 11.4 Å². The smallest absolute Gasteiger partial charge is 0.319 e. The van der Waals surface area contributed by atoms with E-state index in [1.165, 1.54) is 0 Å². The molecule has 0 unspecified atom stereocenters. The molecule has 29 heavy (non-hydrogen) atoms. The molecule has 0 bridgehead atoms. The second-order valence-electron chi connectivity index (χ2n) is 7.08. The molecule has 0 aromatic heterocycles. The first-order valence-corrected chi connectivity index (χ1v) is 9.61. The van der Waals surface area contributed by atoms with Gasteiger partial charge in [-0.15, -0.1) is 0 Å². The lowest BCUT2D eigenvalue weighted by Gasteiger charge is -2.18. The first kappa shape index (κ1) is 20.1. The molecule has 0 aliphatic rings. The number of anilines is 2. The Bertz CT molecular complexity index is 917. The zero-order valence-corrected chi connectivity index (χ0v) is 16.6. The Balaban J connectivity index is 1.80. The molecule has 0 saturated heterocycles. The summed E-state index contributed by atoms with van der Waals surface area (Å²) in [6.07, 6.45) is 0. The number of urea groups is 1. The molecule has 0 saturated carbocycles. The lowest BCUT2D eigenvalue weighted by atomic mass is 9.90. The fraction of sp³-hybridized carbons (Fsp3) is 0.167. The minimum absolute atomic E-state index is 0.0374. The molecule has 3 N–H and O–H groups in total. The number of rotatable bonds is 6. The molecule has 3 aromatic rings. The second-order valence-corrected chi connectivity index (χ2v) is 7.08. The minimum Gasteiger partial charge on any atom is -0.336 e. The van der Waals surface area contributed by atoms with Crippen LogP contribution in [0.15, 0.2) is 84.9 Å². The van der Waals surface area contributed by atoms with Gasteiger partial charge in [-0.2, -0.15) is 0 Å². The Hall–Kier alpha value is -3.60. The van der Waals surface area contributed by atoms with Gasteiger partial charge in [-0.05, 0) is 43.2 Å². The quantitative estimate of drug-likeness (QED) is 0.558. The largest absolute Gasteiger partial charge is 0.336 e. The third-order valence-corrected chi connectivity index (χ3v) is 4.34. The van der Waals surface area contributed by atoms with Crippen LogP contribution in [0.25, 0.3) is 0 Å². The summed E-state index contributed by atoms with van der Waals surface area (Å²) in [6, 6.07) is 26.2. The number of hydrogen-bond acceptors (Lipinski definition) is 2. The van der Waals surface area contributed by atoms with Crippen LogP contribution in [-0.4, -0.2) is 18.0 Å². The van der Waals surface area contributed by atoms with Gasteiger partial charge in [0.15, 0.2) is 0 Å². The summed E-state index contributed by atoms with van der Waals surface area (Å²) in [6.45, 7) is 3.78. The molecule has 5 heteroatoms. The number of nitrogens with one attached hydrogen (secondary N) is 3. The second kappa shape index (κ2) is 9.55. The van der Waals surface area contributed by atoms with Gasteiger partial charge in [-0.3, -0.25) is 4.79 Å². The highest BCUT2D eigenvalue weighted by Crippen LogP contribution is 2.26. The van der Waals surface area contributed by atoms with Crippen LogP contribution in [0.5, 0.6) is 0 Å². The van der Waals surface area contributed by atoms with Crippen molar-refractivity contribution >= 4 is 23.3 Å². The molecule has 0 heterocycles. The predicted octanol–water partition coefficient (Wildman–Crippen LogP) is 4.99. The summed E-state index contributed by atoms with van der Waals surface area (Å²) < 4.78 is 0. The van der Waals surface area contributed by atoms with Crippen molar-refractivity contribution in [2.24, 2.45) is 0 Å². The average molecular weight is 387 g/mol. The van der Waals surface area contributed by atoms with E-state index in [0.717, 1.165) is 11.1 Å². The maximum absolute atomic E-state index is 13.2. The molecule has 3 amide bonds. The van der Waals surface area contributed by atoms with E-state index in [1.807, 2.05) is 74.5 Å². The highest BCUT2D eigenvalue weighted by molar-refractivity contribution is 5.99. The van der Waals surface area contributed by atoms with E-state index < -0.39 is 5.92 Å². The van der Waals surface area contributed by atoms with Crippen LogP contribution in [0.2, 0.25) is 0 Å². The molecule has 0 aliphatic carbocycles. The fourth-order valence-corrected chi connectivity index (χ4v) is 3.10. The van der Waals surface area contributed by atoms with Gasteiger partial charge in [0.2, 0.25) is 5.91 Å². The molecule has 3 aromatic carbocycles. The number of amides is 3. The maximum Gasteiger partial charge on any atom is 0.319 e. The Morgan fingerprint density at radius 2 is 1.21 bits per heavy atom. The van der Waals surface area contributed by atoms with Crippen LogP contribution in [-0.2, 0) is 4.79 Å². The van der Waals surface area contributed by atoms with E-state index >= 15 is 0 Å². The Morgan fingerprint density at radius 3 is 1.72 bits per heavy atom. The van der Waals surface area contributed by atoms with Crippen molar-refractivity contribution in [3.8, 4) is 0 Å². The van der Waals surface area contributed by atoms with Crippen molar-refractivity contribution in [1.29, 1.82) is 0 Å². The van der Waals surface area contributed by atoms with Crippen LogP contribution >= 0.6 is 0 Å². The Morgan fingerprint density at radius 1 is 0.690 bits per heavy atom. The van der Waals surface area contributed by atoms with Gasteiger partial charge in [-0.25, -0.2) is 4.79 Å². The highest BCUT2D eigenvalue weighted by atomic mass is 16.2. The SMILES string of the molecule is CC(C)NC(=O)Nc1cccc(NC(=O)C(c2ccccc2)c2ccccc2)c1. The van der Waals surface area contributed by atoms with Gasteiger partial charge in [0.1, 0.15) is 0 Å². The number of benzene rings is 3. The molecule has 0 aliphatic heterocycles. The van der Waals surface area contributed by atoms with Crippen molar-refractivity contribution in [3.05, 3.63) is 96.1 Å². The van der Waals surface area contributed by atoms with Crippen LogP contribution < -0.4 is 16.0 Å². The molecule has 0 spiro atoms. The molecule has 5 nitrogen and oxygen atoms in total. The van der Waals surface area contributed by atoms with E-state index in [4.69, 9.17) is 0 Å². The van der Waals surface area contributed by atoms with E-state index in [2.05, 4.69) is 16.0 Å². The average Bonchev–Trinajstić information content (AvgIpc) is 2.69. The Kier molecular flexibility index (Phi) is 6.63. The zero-order chi connectivity index (χ0) is 20.6. The van der Waals surface area contributed by atoms with Gasteiger partial charge < -0.3 is 16.0 Å². The third-order valence-electron chi connectivity index (χ3n) is 4.34. The summed E-state index contributed by atoms with van der Waals surface area (Å²) in [7, 11) is 0. The van der Waals surface area contributed by atoms with Crippen LogP contribution in [0.1, 0.15) is 30.9 Å².